The van der Waals surface area contributed by atoms with E-state index >= 15 is 0 Å². The van der Waals surface area contributed by atoms with Gasteiger partial charge in [0.25, 0.3) is 0 Å². The second-order valence-corrected chi connectivity index (χ2v) is 7.52. The van der Waals surface area contributed by atoms with E-state index in [0.717, 1.165) is 16.8 Å². The summed E-state index contributed by atoms with van der Waals surface area (Å²) >= 11 is 0. The van der Waals surface area contributed by atoms with Gasteiger partial charge >= 0.3 is 0 Å². The van der Waals surface area contributed by atoms with Crippen LogP contribution in [0, 0.1) is 18.3 Å². The van der Waals surface area contributed by atoms with Crippen LogP contribution in [0.25, 0.3) is 11.3 Å². The van der Waals surface area contributed by atoms with Gasteiger partial charge in [-0.3, -0.25) is 0 Å². The van der Waals surface area contributed by atoms with Crippen LogP contribution in [-0.4, -0.2) is 15.1 Å². The average Bonchev–Trinajstić information content (AvgIpc) is 2.64. The maximum absolute atomic E-state index is 10.8. The molecule has 0 unspecified atom stereocenters. The molecular formula is C22H22N4O. The van der Waals surface area contributed by atoms with Crippen molar-refractivity contribution < 1.29 is 5.11 Å². The molecule has 0 atom stereocenters. The number of hydrogen-bond acceptors (Lipinski definition) is 5. The number of nitriles is 1. The van der Waals surface area contributed by atoms with E-state index in [1.54, 1.807) is 24.3 Å². The molecule has 0 bridgehead atoms. The highest BCUT2D eigenvalue weighted by Gasteiger charge is 2.23. The molecule has 0 radical (unpaired) electrons. The Morgan fingerprint density at radius 3 is 2.15 bits per heavy atom. The van der Waals surface area contributed by atoms with Crippen molar-refractivity contribution in [1.29, 1.82) is 5.26 Å². The Kier molecular flexibility index (Phi) is 4.83. The number of nitrogens with one attached hydrogen (secondary N) is 1. The monoisotopic (exact) mass is 358 g/mol. The normalized spacial score (nSPS) is 11.1. The lowest BCUT2D eigenvalue weighted by molar-refractivity contribution is 0.468. The van der Waals surface area contributed by atoms with Gasteiger partial charge in [0.1, 0.15) is 11.5 Å². The lowest BCUT2D eigenvalue weighted by Crippen LogP contribution is -2.17. The average molecular weight is 358 g/mol. The largest absolute Gasteiger partial charge is 0.503 e. The van der Waals surface area contributed by atoms with E-state index in [4.69, 9.17) is 5.26 Å². The maximum atomic E-state index is 10.8. The fraction of sp³-hybridized carbons (Fsp3) is 0.227. The van der Waals surface area contributed by atoms with E-state index in [2.05, 4.69) is 21.4 Å². The molecule has 1 heterocycles. The molecule has 3 rings (SSSR count). The Bertz CT molecular complexity index is 995. The van der Waals surface area contributed by atoms with Gasteiger partial charge in [-0.1, -0.05) is 50.6 Å². The highest BCUT2D eigenvalue weighted by molar-refractivity contribution is 5.75. The van der Waals surface area contributed by atoms with Crippen molar-refractivity contribution in [2.24, 2.45) is 0 Å². The molecule has 0 saturated carbocycles. The van der Waals surface area contributed by atoms with Gasteiger partial charge in [-0.15, -0.1) is 0 Å². The lowest BCUT2D eigenvalue weighted by Gasteiger charge is -2.20. The van der Waals surface area contributed by atoms with Gasteiger partial charge in [0.05, 0.1) is 11.6 Å². The molecule has 0 amide bonds. The fourth-order valence-electron chi connectivity index (χ4n) is 2.55. The van der Waals surface area contributed by atoms with Crippen LogP contribution in [0.3, 0.4) is 0 Å². The second kappa shape index (κ2) is 7.08. The van der Waals surface area contributed by atoms with Gasteiger partial charge in [0.2, 0.25) is 0 Å². The van der Waals surface area contributed by atoms with Gasteiger partial charge < -0.3 is 10.4 Å². The van der Waals surface area contributed by atoms with Crippen molar-refractivity contribution in [2.75, 3.05) is 5.32 Å². The first-order valence-electron chi connectivity index (χ1n) is 8.73. The van der Waals surface area contributed by atoms with E-state index in [0.29, 0.717) is 22.9 Å². The minimum Gasteiger partial charge on any atom is -0.503 e. The van der Waals surface area contributed by atoms with Crippen molar-refractivity contribution in [3.63, 3.8) is 0 Å². The SMILES string of the molecule is Cc1ccc(-c2nc(C(C)(C)C)nc(Nc3ccc(C#N)cc3)c2O)cc1. The number of anilines is 2. The number of nitrogens with zero attached hydrogens (tertiary/aromatic N) is 3. The van der Waals surface area contributed by atoms with Crippen molar-refractivity contribution in [3.8, 4) is 23.1 Å². The zero-order valence-corrected chi connectivity index (χ0v) is 15.9. The van der Waals surface area contributed by atoms with Crippen molar-refractivity contribution in [1.82, 2.24) is 9.97 Å². The topological polar surface area (TPSA) is 81.8 Å². The zero-order chi connectivity index (χ0) is 19.6. The molecule has 0 aliphatic carbocycles. The molecule has 0 spiro atoms. The van der Waals surface area contributed by atoms with Gasteiger partial charge in [-0.05, 0) is 31.2 Å². The summed E-state index contributed by atoms with van der Waals surface area (Å²) < 4.78 is 0. The molecule has 0 aliphatic rings. The third kappa shape index (κ3) is 4.06. The summed E-state index contributed by atoms with van der Waals surface area (Å²) in [4.78, 5) is 9.18. The van der Waals surface area contributed by atoms with Gasteiger partial charge in [-0.2, -0.15) is 5.26 Å². The number of aryl methyl sites for hydroxylation is 1. The third-order valence-electron chi connectivity index (χ3n) is 4.16. The predicted molar refractivity (Wildman–Crippen MR) is 107 cm³/mol. The van der Waals surface area contributed by atoms with Crippen LogP contribution in [-0.2, 0) is 5.41 Å². The Morgan fingerprint density at radius 1 is 0.963 bits per heavy atom. The Morgan fingerprint density at radius 2 is 1.59 bits per heavy atom. The van der Waals surface area contributed by atoms with E-state index < -0.39 is 0 Å². The summed E-state index contributed by atoms with van der Waals surface area (Å²) in [7, 11) is 0. The summed E-state index contributed by atoms with van der Waals surface area (Å²) in [5.74, 6) is 0.971. The van der Waals surface area contributed by atoms with Crippen LogP contribution in [0.2, 0.25) is 0 Å². The summed E-state index contributed by atoms with van der Waals surface area (Å²) in [5.41, 5.74) is 3.48. The molecule has 3 aromatic rings. The van der Waals surface area contributed by atoms with Crippen LogP contribution in [0.1, 0.15) is 37.7 Å². The minimum atomic E-state index is -0.283. The summed E-state index contributed by atoms with van der Waals surface area (Å²) in [5, 5.41) is 22.9. The highest BCUT2D eigenvalue weighted by Crippen LogP contribution is 2.36. The van der Waals surface area contributed by atoms with Gasteiger partial charge in [-0.25, -0.2) is 9.97 Å². The van der Waals surface area contributed by atoms with Gasteiger partial charge in [0.15, 0.2) is 11.6 Å². The summed E-state index contributed by atoms with van der Waals surface area (Å²) in [6.07, 6.45) is 0. The first-order chi connectivity index (χ1) is 12.8. The smallest absolute Gasteiger partial charge is 0.185 e. The molecule has 0 fully saturated rings. The first kappa shape index (κ1) is 18.4. The summed E-state index contributed by atoms with van der Waals surface area (Å²) in [6.45, 7) is 8.11. The predicted octanol–water partition coefficient (Wildman–Crippen LogP) is 5.07. The van der Waals surface area contributed by atoms with Crippen molar-refractivity contribution in [2.45, 2.75) is 33.1 Å². The maximum Gasteiger partial charge on any atom is 0.185 e. The molecule has 2 N–H and O–H groups in total. The zero-order valence-electron chi connectivity index (χ0n) is 15.9. The third-order valence-corrected chi connectivity index (χ3v) is 4.16. The first-order valence-corrected chi connectivity index (χ1v) is 8.73. The molecule has 27 heavy (non-hydrogen) atoms. The number of aromatic hydroxyl groups is 1. The quantitative estimate of drug-likeness (QED) is 0.683. The lowest BCUT2D eigenvalue weighted by atomic mass is 9.95. The molecule has 2 aromatic carbocycles. The molecule has 0 aliphatic heterocycles. The van der Waals surface area contributed by atoms with E-state index in [1.165, 1.54) is 0 Å². The summed E-state index contributed by atoms with van der Waals surface area (Å²) in [6, 6.07) is 16.9. The number of benzene rings is 2. The van der Waals surface area contributed by atoms with Gasteiger partial charge in [0, 0.05) is 16.7 Å². The molecule has 136 valence electrons. The van der Waals surface area contributed by atoms with Crippen LogP contribution in [0.15, 0.2) is 48.5 Å². The number of aromatic nitrogens is 2. The van der Waals surface area contributed by atoms with E-state index in [-0.39, 0.29) is 11.2 Å². The highest BCUT2D eigenvalue weighted by atomic mass is 16.3. The Labute approximate surface area is 159 Å². The number of hydrogen-bond donors (Lipinski definition) is 2. The van der Waals surface area contributed by atoms with Crippen LogP contribution in [0.5, 0.6) is 5.75 Å². The minimum absolute atomic E-state index is 0.00351. The van der Waals surface area contributed by atoms with Crippen LogP contribution < -0.4 is 5.32 Å². The number of rotatable bonds is 3. The molecule has 5 heteroatoms. The Hall–Kier alpha value is -3.39. The Balaban J connectivity index is 2.10. The van der Waals surface area contributed by atoms with Crippen molar-refractivity contribution >= 4 is 11.5 Å². The van der Waals surface area contributed by atoms with E-state index in [1.807, 2.05) is 52.0 Å². The second-order valence-electron chi connectivity index (χ2n) is 7.52. The fourth-order valence-corrected chi connectivity index (χ4v) is 2.55. The van der Waals surface area contributed by atoms with E-state index in [9.17, 15) is 5.11 Å². The molecule has 1 aromatic heterocycles. The molecule has 0 saturated heterocycles. The van der Waals surface area contributed by atoms with Crippen LogP contribution in [0.4, 0.5) is 11.5 Å². The van der Waals surface area contributed by atoms with Crippen LogP contribution >= 0.6 is 0 Å². The molecular weight excluding hydrogens is 336 g/mol. The molecule has 5 nitrogen and oxygen atoms in total. The van der Waals surface area contributed by atoms with Crippen molar-refractivity contribution in [3.05, 3.63) is 65.5 Å². The standard InChI is InChI=1S/C22H22N4O/c1-14-5-9-16(10-6-14)18-19(27)20(26-21(25-18)22(2,3)4)24-17-11-7-15(13-23)8-12-17/h5-12,27H,1-4H3,(H,24,25,26).